The SMILES string of the molecule is C=CC[C@H](/C=C/CCCC)[C@H]1COC2(CCCCC2)O1. The molecule has 1 spiro atoms. The van der Waals surface area contributed by atoms with Crippen LogP contribution in [0, 0.1) is 5.92 Å². The minimum atomic E-state index is -0.250. The smallest absolute Gasteiger partial charge is 0.168 e. The molecule has 2 nitrogen and oxygen atoms in total. The largest absolute Gasteiger partial charge is 0.347 e. The van der Waals surface area contributed by atoms with Crippen LogP contribution in [-0.2, 0) is 9.47 Å². The van der Waals surface area contributed by atoms with E-state index in [0.29, 0.717) is 5.92 Å². The second kappa shape index (κ2) is 7.99. The zero-order chi connectivity index (χ0) is 14.3. The summed E-state index contributed by atoms with van der Waals surface area (Å²) in [5, 5.41) is 0. The molecule has 0 unspecified atom stereocenters. The van der Waals surface area contributed by atoms with Gasteiger partial charge in [-0.05, 0) is 25.7 Å². The highest BCUT2D eigenvalue weighted by molar-refractivity contribution is 4.98. The monoisotopic (exact) mass is 278 g/mol. The Hall–Kier alpha value is -0.600. The van der Waals surface area contributed by atoms with Crippen molar-refractivity contribution in [3.63, 3.8) is 0 Å². The van der Waals surface area contributed by atoms with Crippen molar-refractivity contribution in [1.82, 2.24) is 0 Å². The first-order valence-electron chi connectivity index (χ1n) is 8.39. The van der Waals surface area contributed by atoms with Crippen molar-refractivity contribution in [1.29, 1.82) is 0 Å². The van der Waals surface area contributed by atoms with Crippen molar-refractivity contribution in [2.45, 2.75) is 76.6 Å². The Morgan fingerprint density at radius 1 is 1.30 bits per heavy atom. The Morgan fingerprint density at radius 2 is 2.10 bits per heavy atom. The topological polar surface area (TPSA) is 18.5 Å². The molecular formula is C18H30O2. The first-order valence-corrected chi connectivity index (χ1v) is 8.39. The van der Waals surface area contributed by atoms with Crippen LogP contribution < -0.4 is 0 Å². The first-order chi connectivity index (χ1) is 9.79. The fraction of sp³-hybridized carbons (Fsp3) is 0.778. The highest BCUT2D eigenvalue weighted by atomic mass is 16.7. The maximum atomic E-state index is 6.34. The van der Waals surface area contributed by atoms with Gasteiger partial charge in [0.25, 0.3) is 0 Å². The molecule has 0 aromatic carbocycles. The van der Waals surface area contributed by atoms with E-state index in [0.717, 1.165) is 25.9 Å². The fourth-order valence-corrected chi connectivity index (χ4v) is 3.28. The zero-order valence-electron chi connectivity index (χ0n) is 13.0. The number of ether oxygens (including phenoxy) is 2. The van der Waals surface area contributed by atoms with Gasteiger partial charge in [-0.3, -0.25) is 0 Å². The van der Waals surface area contributed by atoms with E-state index in [1.54, 1.807) is 0 Å². The van der Waals surface area contributed by atoms with Gasteiger partial charge in [-0.15, -0.1) is 6.58 Å². The fourth-order valence-electron chi connectivity index (χ4n) is 3.28. The Kier molecular flexibility index (Phi) is 6.31. The lowest BCUT2D eigenvalue weighted by atomic mass is 9.94. The molecule has 2 atom stereocenters. The van der Waals surface area contributed by atoms with Crippen LogP contribution in [-0.4, -0.2) is 18.5 Å². The maximum absolute atomic E-state index is 6.34. The summed E-state index contributed by atoms with van der Waals surface area (Å²) in [6.07, 6.45) is 17.5. The van der Waals surface area contributed by atoms with Gasteiger partial charge in [0.05, 0.1) is 12.7 Å². The number of allylic oxidation sites excluding steroid dienone is 2. The minimum absolute atomic E-state index is 0.212. The van der Waals surface area contributed by atoms with E-state index in [-0.39, 0.29) is 11.9 Å². The molecule has 0 amide bonds. The number of hydrogen-bond acceptors (Lipinski definition) is 2. The lowest BCUT2D eigenvalue weighted by molar-refractivity contribution is -0.190. The standard InChI is InChI=1S/C18H30O2/c1-3-5-6-8-12-16(11-4-2)17-15-19-18(20-17)13-9-7-10-14-18/h4,8,12,16-17H,2-3,5-7,9-11,13-15H2,1H3/b12-8+/t16-,17-/m1/s1. The van der Waals surface area contributed by atoms with Crippen LogP contribution in [0.15, 0.2) is 24.8 Å². The molecule has 1 saturated heterocycles. The molecule has 0 N–H and O–H groups in total. The van der Waals surface area contributed by atoms with Gasteiger partial charge in [0.1, 0.15) is 0 Å². The van der Waals surface area contributed by atoms with Crippen LogP contribution in [0.25, 0.3) is 0 Å². The van der Waals surface area contributed by atoms with Gasteiger partial charge in [-0.1, -0.05) is 44.4 Å². The number of hydrogen-bond donors (Lipinski definition) is 0. The average molecular weight is 278 g/mol. The summed E-state index contributed by atoms with van der Waals surface area (Å²) in [6.45, 7) is 6.87. The number of rotatable bonds is 7. The van der Waals surface area contributed by atoms with Gasteiger partial charge in [0.2, 0.25) is 0 Å². The van der Waals surface area contributed by atoms with Crippen LogP contribution in [0.1, 0.15) is 64.7 Å². The van der Waals surface area contributed by atoms with E-state index in [1.165, 1.54) is 38.5 Å². The van der Waals surface area contributed by atoms with Crippen LogP contribution >= 0.6 is 0 Å². The zero-order valence-corrected chi connectivity index (χ0v) is 13.0. The van der Waals surface area contributed by atoms with E-state index in [1.807, 2.05) is 6.08 Å². The Labute approximate surface area is 124 Å². The molecule has 114 valence electrons. The molecule has 2 heteroatoms. The summed E-state index contributed by atoms with van der Waals surface area (Å²) in [5.74, 6) is 0.172. The molecule has 2 fully saturated rings. The van der Waals surface area contributed by atoms with Gasteiger partial charge in [0, 0.05) is 18.8 Å². The van der Waals surface area contributed by atoms with Gasteiger partial charge in [-0.25, -0.2) is 0 Å². The molecule has 1 heterocycles. The first kappa shape index (κ1) is 15.8. The summed E-state index contributed by atoms with van der Waals surface area (Å²) in [7, 11) is 0. The molecular weight excluding hydrogens is 248 g/mol. The summed E-state index contributed by atoms with van der Waals surface area (Å²) in [4.78, 5) is 0. The predicted octanol–water partition coefficient (Wildman–Crippen LogP) is 5.00. The quantitative estimate of drug-likeness (QED) is 0.482. The second-order valence-electron chi connectivity index (χ2n) is 6.20. The lowest BCUT2D eigenvalue weighted by Crippen LogP contribution is -2.34. The van der Waals surface area contributed by atoms with Crippen LogP contribution in [0.4, 0.5) is 0 Å². The van der Waals surface area contributed by atoms with E-state index in [4.69, 9.17) is 9.47 Å². The van der Waals surface area contributed by atoms with Gasteiger partial charge in [0.15, 0.2) is 5.79 Å². The molecule has 0 aromatic heterocycles. The lowest BCUT2D eigenvalue weighted by Gasteiger charge is -2.32. The molecule has 20 heavy (non-hydrogen) atoms. The molecule has 0 aromatic rings. The molecule has 0 radical (unpaired) electrons. The van der Waals surface area contributed by atoms with Crippen molar-refractivity contribution in [3.8, 4) is 0 Å². The number of unbranched alkanes of at least 4 members (excludes halogenated alkanes) is 2. The summed E-state index contributed by atoms with van der Waals surface area (Å²) < 4.78 is 12.4. The van der Waals surface area contributed by atoms with E-state index >= 15 is 0 Å². The highest BCUT2D eigenvalue weighted by Gasteiger charge is 2.43. The highest BCUT2D eigenvalue weighted by Crippen LogP contribution is 2.40. The van der Waals surface area contributed by atoms with Gasteiger partial charge >= 0.3 is 0 Å². The Bertz CT molecular complexity index is 315. The molecule has 2 rings (SSSR count). The van der Waals surface area contributed by atoms with Crippen molar-refractivity contribution < 1.29 is 9.47 Å². The average Bonchev–Trinajstić information content (AvgIpc) is 2.87. The second-order valence-corrected chi connectivity index (χ2v) is 6.20. The summed E-state index contributed by atoms with van der Waals surface area (Å²) in [5.41, 5.74) is 0. The molecule has 0 bridgehead atoms. The van der Waals surface area contributed by atoms with Crippen molar-refractivity contribution in [2.75, 3.05) is 6.61 Å². The van der Waals surface area contributed by atoms with Gasteiger partial charge < -0.3 is 9.47 Å². The van der Waals surface area contributed by atoms with E-state index in [2.05, 4.69) is 25.7 Å². The third-order valence-corrected chi connectivity index (χ3v) is 4.52. The minimum Gasteiger partial charge on any atom is -0.347 e. The summed E-state index contributed by atoms with van der Waals surface area (Å²) in [6, 6.07) is 0. The molecule has 1 aliphatic carbocycles. The van der Waals surface area contributed by atoms with Gasteiger partial charge in [-0.2, -0.15) is 0 Å². The normalized spacial score (nSPS) is 27.1. The van der Waals surface area contributed by atoms with Crippen molar-refractivity contribution >= 4 is 0 Å². The van der Waals surface area contributed by atoms with Crippen molar-refractivity contribution in [3.05, 3.63) is 24.8 Å². The maximum Gasteiger partial charge on any atom is 0.168 e. The Balaban J connectivity index is 1.89. The predicted molar refractivity (Wildman–Crippen MR) is 83.6 cm³/mol. The van der Waals surface area contributed by atoms with Crippen LogP contribution in [0.5, 0.6) is 0 Å². The third-order valence-electron chi connectivity index (χ3n) is 4.52. The third kappa shape index (κ3) is 4.20. The molecule has 2 aliphatic rings. The molecule has 1 aliphatic heterocycles. The van der Waals surface area contributed by atoms with E-state index in [9.17, 15) is 0 Å². The Morgan fingerprint density at radius 3 is 2.80 bits per heavy atom. The molecule has 1 saturated carbocycles. The summed E-state index contributed by atoms with van der Waals surface area (Å²) >= 11 is 0. The van der Waals surface area contributed by atoms with E-state index < -0.39 is 0 Å². The van der Waals surface area contributed by atoms with Crippen molar-refractivity contribution in [2.24, 2.45) is 5.92 Å². The van der Waals surface area contributed by atoms with Crippen LogP contribution in [0.2, 0.25) is 0 Å². The van der Waals surface area contributed by atoms with Crippen LogP contribution in [0.3, 0.4) is 0 Å².